The van der Waals surface area contributed by atoms with E-state index >= 15 is 0 Å². The third kappa shape index (κ3) is 2.63. The molecular formula is C13H14F4N2O. The molecular weight excluding hydrogens is 276 g/mol. The zero-order chi connectivity index (χ0) is 14.9. The number of carbonyl (C=O) groups excluding carboxylic acids is 1. The number of hydrogen-bond acceptors (Lipinski definition) is 2. The number of halogens is 4. The number of piperidine rings is 1. The number of hydrogen-bond donors (Lipinski definition) is 2. The molecule has 7 heteroatoms. The maximum Gasteiger partial charge on any atom is 0.231 e. The highest BCUT2D eigenvalue weighted by atomic mass is 19.2. The Hall–Kier alpha value is -1.63. The smallest absolute Gasteiger partial charge is 0.231 e. The summed E-state index contributed by atoms with van der Waals surface area (Å²) in [4.78, 5) is 12.1. The first kappa shape index (κ1) is 14.8. The fourth-order valence-electron chi connectivity index (χ4n) is 2.20. The van der Waals surface area contributed by atoms with E-state index < -0.39 is 40.3 Å². The van der Waals surface area contributed by atoms with Crippen LogP contribution in [0.15, 0.2) is 6.07 Å². The highest BCUT2D eigenvalue weighted by Crippen LogP contribution is 2.30. The van der Waals surface area contributed by atoms with Crippen LogP contribution < -0.4 is 10.6 Å². The number of rotatable bonds is 2. The molecule has 1 heterocycles. The number of benzene rings is 1. The first-order valence-electron chi connectivity index (χ1n) is 6.20. The summed E-state index contributed by atoms with van der Waals surface area (Å²) in [6.45, 7) is 2.71. The van der Waals surface area contributed by atoms with Crippen LogP contribution in [0.4, 0.5) is 23.2 Å². The van der Waals surface area contributed by atoms with Crippen molar-refractivity contribution in [3.05, 3.63) is 29.3 Å². The summed E-state index contributed by atoms with van der Waals surface area (Å²) in [6, 6.07) is 0.101. The van der Waals surface area contributed by atoms with Crippen LogP contribution in [0.1, 0.15) is 19.8 Å². The minimum absolute atomic E-state index is 0.101. The standard InChI is InChI=1S/C13H14F4N2O/c1-13(3-2-4-18-6-13)12(20)19-11-9(16)7(14)5-8(15)10(11)17/h5,18H,2-4,6H2,1H3,(H,19,20). The Morgan fingerprint density at radius 3 is 2.35 bits per heavy atom. The van der Waals surface area contributed by atoms with Gasteiger partial charge in [0.05, 0.1) is 5.41 Å². The third-order valence-electron chi connectivity index (χ3n) is 3.50. The third-order valence-corrected chi connectivity index (χ3v) is 3.50. The van der Waals surface area contributed by atoms with Crippen LogP contribution in [-0.4, -0.2) is 19.0 Å². The molecule has 1 aromatic carbocycles. The first-order chi connectivity index (χ1) is 9.35. The predicted molar refractivity (Wildman–Crippen MR) is 65.1 cm³/mol. The van der Waals surface area contributed by atoms with Crippen molar-refractivity contribution in [1.29, 1.82) is 0 Å². The number of nitrogens with one attached hydrogen (secondary N) is 2. The molecule has 1 atom stereocenters. The van der Waals surface area contributed by atoms with E-state index in [9.17, 15) is 22.4 Å². The Kier molecular flexibility index (Phi) is 3.99. The fourth-order valence-corrected chi connectivity index (χ4v) is 2.20. The van der Waals surface area contributed by atoms with Gasteiger partial charge in [-0.05, 0) is 26.3 Å². The van der Waals surface area contributed by atoms with E-state index in [0.717, 1.165) is 13.0 Å². The molecule has 0 radical (unpaired) electrons. The average Bonchev–Trinajstić information content (AvgIpc) is 2.42. The van der Waals surface area contributed by atoms with Crippen molar-refractivity contribution in [3.8, 4) is 0 Å². The molecule has 1 aliphatic rings. The Morgan fingerprint density at radius 2 is 1.85 bits per heavy atom. The number of carbonyl (C=O) groups is 1. The first-order valence-corrected chi connectivity index (χ1v) is 6.20. The van der Waals surface area contributed by atoms with Gasteiger partial charge in [-0.15, -0.1) is 0 Å². The lowest BCUT2D eigenvalue weighted by Gasteiger charge is -2.32. The molecule has 1 unspecified atom stereocenters. The molecule has 1 aromatic rings. The van der Waals surface area contributed by atoms with Gasteiger partial charge < -0.3 is 10.6 Å². The van der Waals surface area contributed by atoms with Gasteiger partial charge in [0.1, 0.15) is 5.69 Å². The van der Waals surface area contributed by atoms with Crippen molar-refractivity contribution in [1.82, 2.24) is 5.32 Å². The zero-order valence-corrected chi connectivity index (χ0v) is 10.8. The minimum Gasteiger partial charge on any atom is -0.320 e. The highest BCUT2D eigenvalue weighted by molar-refractivity contribution is 5.95. The molecule has 0 spiro atoms. The van der Waals surface area contributed by atoms with Crippen LogP contribution in [-0.2, 0) is 4.79 Å². The predicted octanol–water partition coefficient (Wildman–Crippen LogP) is 2.57. The van der Waals surface area contributed by atoms with Gasteiger partial charge in [-0.25, -0.2) is 17.6 Å². The van der Waals surface area contributed by atoms with E-state index in [1.165, 1.54) is 0 Å². The maximum atomic E-state index is 13.5. The van der Waals surface area contributed by atoms with E-state index in [4.69, 9.17) is 0 Å². The molecule has 2 rings (SSSR count). The molecule has 1 amide bonds. The van der Waals surface area contributed by atoms with Gasteiger partial charge in [-0.3, -0.25) is 4.79 Å². The van der Waals surface area contributed by atoms with Crippen LogP contribution in [0.25, 0.3) is 0 Å². The summed E-state index contributed by atoms with van der Waals surface area (Å²) < 4.78 is 53.1. The van der Waals surface area contributed by atoms with Crippen LogP contribution in [0, 0.1) is 28.7 Å². The normalized spacial score (nSPS) is 22.6. The molecule has 110 valence electrons. The van der Waals surface area contributed by atoms with Crippen LogP contribution in [0.2, 0.25) is 0 Å². The maximum absolute atomic E-state index is 13.5. The molecule has 2 N–H and O–H groups in total. The largest absolute Gasteiger partial charge is 0.320 e. The highest BCUT2D eigenvalue weighted by Gasteiger charge is 2.36. The summed E-state index contributed by atoms with van der Waals surface area (Å²) in [5, 5.41) is 4.96. The van der Waals surface area contributed by atoms with Gasteiger partial charge in [0.25, 0.3) is 0 Å². The molecule has 1 saturated heterocycles. The fraction of sp³-hybridized carbons (Fsp3) is 0.462. The molecule has 0 aliphatic carbocycles. The van der Waals surface area contributed by atoms with Gasteiger partial charge >= 0.3 is 0 Å². The van der Waals surface area contributed by atoms with Crippen molar-refractivity contribution < 1.29 is 22.4 Å². The van der Waals surface area contributed by atoms with Crippen LogP contribution in [0.5, 0.6) is 0 Å². The topological polar surface area (TPSA) is 41.1 Å². The molecule has 1 fully saturated rings. The zero-order valence-electron chi connectivity index (χ0n) is 10.8. The van der Waals surface area contributed by atoms with Gasteiger partial charge in [-0.2, -0.15) is 0 Å². The molecule has 1 aliphatic heterocycles. The molecule has 0 bridgehead atoms. The molecule has 3 nitrogen and oxygen atoms in total. The summed E-state index contributed by atoms with van der Waals surface area (Å²) >= 11 is 0. The van der Waals surface area contributed by atoms with Crippen LogP contribution in [0.3, 0.4) is 0 Å². The SMILES string of the molecule is CC1(C(=O)Nc2c(F)c(F)cc(F)c2F)CCCNC1. The second-order valence-electron chi connectivity index (χ2n) is 5.14. The summed E-state index contributed by atoms with van der Waals surface area (Å²) in [7, 11) is 0. The van der Waals surface area contributed by atoms with E-state index in [1.807, 2.05) is 5.32 Å². The molecule has 0 aromatic heterocycles. The number of amides is 1. The quantitative estimate of drug-likeness (QED) is 0.649. The second kappa shape index (κ2) is 5.40. The van der Waals surface area contributed by atoms with Gasteiger partial charge in [0, 0.05) is 12.6 Å². The monoisotopic (exact) mass is 290 g/mol. The van der Waals surface area contributed by atoms with Gasteiger partial charge in [0.2, 0.25) is 5.91 Å². The number of anilines is 1. The van der Waals surface area contributed by atoms with E-state index in [0.29, 0.717) is 13.0 Å². The van der Waals surface area contributed by atoms with E-state index in [-0.39, 0.29) is 6.07 Å². The molecule has 20 heavy (non-hydrogen) atoms. The van der Waals surface area contributed by atoms with Crippen molar-refractivity contribution in [3.63, 3.8) is 0 Å². The van der Waals surface area contributed by atoms with Crippen LogP contribution >= 0.6 is 0 Å². The second-order valence-corrected chi connectivity index (χ2v) is 5.14. The average molecular weight is 290 g/mol. The molecule has 0 saturated carbocycles. The lowest BCUT2D eigenvalue weighted by Crippen LogP contribution is -2.46. The van der Waals surface area contributed by atoms with E-state index in [1.54, 1.807) is 6.92 Å². The lowest BCUT2D eigenvalue weighted by atomic mass is 9.82. The Labute approximate surface area is 113 Å². The van der Waals surface area contributed by atoms with Gasteiger partial charge in [-0.1, -0.05) is 0 Å². The summed E-state index contributed by atoms with van der Waals surface area (Å²) in [5.41, 5.74) is -1.96. The minimum atomic E-state index is -1.61. The Balaban J connectivity index is 2.28. The summed E-state index contributed by atoms with van der Waals surface area (Å²) in [6.07, 6.45) is 1.25. The van der Waals surface area contributed by atoms with Crippen molar-refractivity contribution >= 4 is 11.6 Å². The Morgan fingerprint density at radius 1 is 1.25 bits per heavy atom. The van der Waals surface area contributed by atoms with E-state index in [2.05, 4.69) is 5.32 Å². The lowest BCUT2D eigenvalue weighted by molar-refractivity contribution is -0.125. The van der Waals surface area contributed by atoms with Crippen molar-refractivity contribution in [2.45, 2.75) is 19.8 Å². The van der Waals surface area contributed by atoms with Crippen molar-refractivity contribution in [2.24, 2.45) is 5.41 Å². The summed E-state index contributed by atoms with van der Waals surface area (Å²) in [5.74, 6) is -6.99. The van der Waals surface area contributed by atoms with Crippen molar-refractivity contribution in [2.75, 3.05) is 18.4 Å². The Bertz CT molecular complexity index is 515. The van der Waals surface area contributed by atoms with Gasteiger partial charge in [0.15, 0.2) is 23.3 Å².